The summed E-state index contributed by atoms with van der Waals surface area (Å²) in [6.45, 7) is 2.32. The monoisotopic (exact) mass is 338 g/mol. The van der Waals surface area contributed by atoms with Crippen molar-refractivity contribution < 1.29 is 13.9 Å². The van der Waals surface area contributed by atoms with E-state index in [0.29, 0.717) is 18.1 Å². The molecule has 2 heterocycles. The lowest BCUT2D eigenvalue weighted by atomic mass is 10.4. The summed E-state index contributed by atoms with van der Waals surface area (Å²) >= 11 is 1.40. The maximum atomic E-state index is 11.9. The van der Waals surface area contributed by atoms with Crippen molar-refractivity contribution in [2.24, 2.45) is 7.05 Å². The number of carbonyl (C=O) groups excluding carboxylic acids is 1. The first kappa shape index (κ1) is 17.1. The van der Waals surface area contributed by atoms with Crippen LogP contribution in [-0.2, 0) is 17.6 Å². The third-order valence-corrected chi connectivity index (χ3v) is 3.85. The maximum Gasteiger partial charge on any atom is 0.257 e. The highest BCUT2D eigenvalue weighted by Gasteiger charge is 2.09. The van der Waals surface area contributed by atoms with Gasteiger partial charge >= 0.3 is 0 Å². The Morgan fingerprint density at radius 3 is 3.00 bits per heavy atom. The second-order valence-electron chi connectivity index (χ2n) is 4.73. The van der Waals surface area contributed by atoms with E-state index in [1.807, 2.05) is 14.0 Å². The van der Waals surface area contributed by atoms with Gasteiger partial charge in [0.2, 0.25) is 11.2 Å². The lowest BCUT2D eigenvalue weighted by Gasteiger charge is -2.06. The van der Waals surface area contributed by atoms with Crippen molar-refractivity contribution in [2.75, 3.05) is 13.2 Å². The van der Waals surface area contributed by atoms with Crippen molar-refractivity contribution in [1.29, 1.82) is 0 Å². The molecule has 0 aliphatic rings. The van der Waals surface area contributed by atoms with Crippen molar-refractivity contribution in [2.45, 2.75) is 24.3 Å². The highest BCUT2D eigenvalue weighted by molar-refractivity contribution is 7.98. The van der Waals surface area contributed by atoms with Crippen LogP contribution in [0.4, 0.5) is 0 Å². The minimum atomic E-state index is -0.326. The molecular weight excluding hydrogens is 320 g/mol. The zero-order chi connectivity index (χ0) is 16.7. The number of ether oxygens (including phenoxy) is 1. The van der Waals surface area contributed by atoms with Crippen LogP contribution in [0, 0.1) is 0 Å². The molecule has 0 spiro atoms. The molecule has 0 saturated carbocycles. The van der Waals surface area contributed by atoms with Crippen LogP contribution >= 0.6 is 11.8 Å². The summed E-state index contributed by atoms with van der Waals surface area (Å²) in [5.74, 6) is 0.682. The van der Waals surface area contributed by atoms with E-state index in [1.165, 1.54) is 24.1 Å². The fraction of sp³-hybridized carbons (Fsp3) is 0.429. The molecule has 0 unspecified atom stereocenters. The van der Waals surface area contributed by atoms with Gasteiger partial charge < -0.3 is 19.0 Å². The lowest BCUT2D eigenvalue weighted by molar-refractivity contribution is -0.123. The molecule has 0 radical (unpaired) electrons. The Hall–Kier alpha value is -2.29. The molecule has 8 nitrogen and oxygen atoms in total. The first-order valence-corrected chi connectivity index (χ1v) is 8.06. The summed E-state index contributed by atoms with van der Waals surface area (Å²) in [7, 11) is 1.83. The molecule has 1 amide bonds. The van der Waals surface area contributed by atoms with Crippen molar-refractivity contribution in [1.82, 2.24) is 20.1 Å². The Morgan fingerprint density at radius 1 is 1.52 bits per heavy atom. The molecule has 0 aliphatic heterocycles. The summed E-state index contributed by atoms with van der Waals surface area (Å²) in [4.78, 5) is 23.4. The maximum absolute atomic E-state index is 11.9. The quantitative estimate of drug-likeness (QED) is 0.716. The van der Waals surface area contributed by atoms with Crippen molar-refractivity contribution in [3.8, 4) is 5.75 Å². The number of nitrogens with zero attached hydrogens (tertiary/aromatic N) is 3. The van der Waals surface area contributed by atoms with E-state index in [-0.39, 0.29) is 23.7 Å². The Labute approximate surface area is 137 Å². The zero-order valence-electron chi connectivity index (χ0n) is 12.9. The van der Waals surface area contributed by atoms with E-state index < -0.39 is 0 Å². The number of hydrogen-bond acceptors (Lipinski definition) is 7. The topological polar surface area (TPSA) is 99.2 Å². The van der Waals surface area contributed by atoms with Gasteiger partial charge in [0.05, 0.1) is 5.75 Å². The van der Waals surface area contributed by atoms with Gasteiger partial charge in [-0.2, -0.15) is 0 Å². The zero-order valence-corrected chi connectivity index (χ0v) is 13.8. The largest absolute Gasteiger partial charge is 0.477 e. The van der Waals surface area contributed by atoms with E-state index in [9.17, 15) is 9.59 Å². The van der Waals surface area contributed by atoms with Crippen molar-refractivity contribution >= 4 is 17.7 Å². The smallest absolute Gasteiger partial charge is 0.257 e. The standard InChI is InChI=1S/C14H18N4O4S/c1-3-4-15-13(20)7-22-12-6-21-10(5-11(12)19)8-23-14-17-16-9-18(14)2/h5-6,9H,3-4,7-8H2,1-2H3,(H,15,20). The van der Waals surface area contributed by atoms with Crippen molar-refractivity contribution in [3.05, 3.63) is 34.6 Å². The number of rotatable bonds is 8. The van der Waals surface area contributed by atoms with Gasteiger partial charge in [-0.1, -0.05) is 18.7 Å². The van der Waals surface area contributed by atoms with Gasteiger partial charge in [0.1, 0.15) is 18.4 Å². The van der Waals surface area contributed by atoms with Crippen LogP contribution in [0.2, 0.25) is 0 Å². The third kappa shape index (κ3) is 5.13. The predicted molar refractivity (Wildman–Crippen MR) is 84.3 cm³/mol. The van der Waals surface area contributed by atoms with Crippen LogP contribution < -0.4 is 15.5 Å². The Balaban J connectivity index is 1.89. The lowest BCUT2D eigenvalue weighted by Crippen LogP contribution is -2.30. The highest BCUT2D eigenvalue weighted by Crippen LogP contribution is 2.19. The molecule has 0 atom stereocenters. The number of thioether (sulfide) groups is 1. The SMILES string of the molecule is CCCNC(=O)COc1coc(CSc2nncn2C)cc1=O. The molecule has 0 bridgehead atoms. The van der Waals surface area contributed by atoms with Gasteiger partial charge in [-0.05, 0) is 6.42 Å². The van der Waals surface area contributed by atoms with Crippen LogP contribution in [0.1, 0.15) is 19.1 Å². The van der Waals surface area contributed by atoms with Crippen LogP contribution in [0.25, 0.3) is 0 Å². The molecule has 1 N–H and O–H groups in total. The molecule has 2 rings (SSSR count). The van der Waals surface area contributed by atoms with Gasteiger partial charge in [-0.15, -0.1) is 10.2 Å². The predicted octanol–water partition coefficient (Wildman–Crippen LogP) is 0.966. The molecule has 0 saturated heterocycles. The van der Waals surface area contributed by atoms with Gasteiger partial charge in [0.15, 0.2) is 11.8 Å². The van der Waals surface area contributed by atoms with Gasteiger partial charge in [-0.25, -0.2) is 0 Å². The molecule has 0 fully saturated rings. The van der Waals surface area contributed by atoms with Gasteiger partial charge in [0, 0.05) is 19.7 Å². The first-order valence-electron chi connectivity index (χ1n) is 7.08. The molecular formula is C14H18N4O4S. The second-order valence-corrected chi connectivity index (χ2v) is 5.67. The normalized spacial score (nSPS) is 10.5. The van der Waals surface area contributed by atoms with Crippen molar-refractivity contribution in [3.63, 3.8) is 0 Å². The molecule has 0 aliphatic carbocycles. The number of hydrogen-bond donors (Lipinski definition) is 1. The third-order valence-electron chi connectivity index (χ3n) is 2.80. The average molecular weight is 338 g/mol. The summed E-state index contributed by atoms with van der Waals surface area (Å²) < 4.78 is 12.3. The molecule has 0 aromatic carbocycles. The molecule has 23 heavy (non-hydrogen) atoms. The van der Waals surface area contributed by atoms with Crippen LogP contribution in [-0.4, -0.2) is 33.8 Å². The Kier molecular flexibility index (Phi) is 6.21. The first-order chi connectivity index (χ1) is 11.1. The second kappa shape index (κ2) is 8.37. The fourth-order valence-corrected chi connectivity index (χ4v) is 2.40. The minimum Gasteiger partial charge on any atom is -0.477 e. The number of carbonyl (C=O) groups is 1. The summed E-state index contributed by atoms with van der Waals surface area (Å²) in [5.41, 5.74) is -0.326. The summed E-state index contributed by atoms with van der Waals surface area (Å²) in [5, 5.41) is 11.1. The van der Waals surface area contributed by atoms with E-state index in [1.54, 1.807) is 10.9 Å². The number of aromatic nitrogens is 3. The molecule has 2 aromatic rings. The summed E-state index contributed by atoms with van der Waals surface area (Å²) in [6.07, 6.45) is 3.66. The highest BCUT2D eigenvalue weighted by atomic mass is 32.2. The van der Waals surface area contributed by atoms with Gasteiger partial charge in [0.25, 0.3) is 5.91 Å². The van der Waals surface area contributed by atoms with E-state index in [0.717, 1.165) is 11.6 Å². The Morgan fingerprint density at radius 2 is 2.35 bits per heavy atom. The van der Waals surface area contributed by atoms with E-state index in [4.69, 9.17) is 9.15 Å². The molecule has 9 heteroatoms. The summed E-state index contributed by atoms with van der Waals surface area (Å²) in [6, 6.07) is 1.35. The van der Waals surface area contributed by atoms with Gasteiger partial charge in [-0.3, -0.25) is 9.59 Å². The number of nitrogens with one attached hydrogen (secondary N) is 1. The van der Waals surface area contributed by atoms with Crippen LogP contribution in [0.15, 0.2) is 33.0 Å². The Bertz CT molecular complexity index is 713. The molecule has 124 valence electrons. The van der Waals surface area contributed by atoms with Crippen LogP contribution in [0.5, 0.6) is 5.75 Å². The minimum absolute atomic E-state index is 0.0176. The average Bonchev–Trinajstić information content (AvgIpc) is 2.95. The van der Waals surface area contributed by atoms with E-state index >= 15 is 0 Å². The fourth-order valence-electron chi connectivity index (χ4n) is 1.62. The number of aryl methyl sites for hydroxylation is 1. The number of amides is 1. The van der Waals surface area contributed by atoms with E-state index in [2.05, 4.69) is 15.5 Å². The van der Waals surface area contributed by atoms with Crippen LogP contribution in [0.3, 0.4) is 0 Å². The molecule has 2 aromatic heterocycles.